The first-order chi connectivity index (χ1) is 10.0. The SMILES string of the molecule is CC(C)n1c(Cc2ccc(O)cc2)nc2ccc(F)cc21. The molecule has 0 amide bonds. The summed E-state index contributed by atoms with van der Waals surface area (Å²) >= 11 is 0. The third kappa shape index (κ3) is 2.61. The number of fused-ring (bicyclic) bond motifs is 1. The molecule has 3 nitrogen and oxygen atoms in total. The van der Waals surface area contributed by atoms with E-state index >= 15 is 0 Å². The number of imidazole rings is 1. The van der Waals surface area contributed by atoms with Crippen LogP contribution in [0, 0.1) is 5.82 Å². The van der Waals surface area contributed by atoms with Crippen LogP contribution < -0.4 is 0 Å². The smallest absolute Gasteiger partial charge is 0.125 e. The van der Waals surface area contributed by atoms with Gasteiger partial charge in [-0.1, -0.05) is 12.1 Å². The molecule has 108 valence electrons. The molecule has 4 heteroatoms. The Morgan fingerprint density at radius 2 is 1.86 bits per heavy atom. The summed E-state index contributed by atoms with van der Waals surface area (Å²) in [5.41, 5.74) is 2.68. The van der Waals surface area contributed by atoms with Gasteiger partial charge in [0.15, 0.2) is 0 Å². The Bertz CT molecular complexity index is 775. The van der Waals surface area contributed by atoms with Crippen molar-refractivity contribution < 1.29 is 9.50 Å². The van der Waals surface area contributed by atoms with Crippen LogP contribution in [-0.2, 0) is 6.42 Å². The zero-order valence-electron chi connectivity index (χ0n) is 12.0. The second-order valence-corrected chi connectivity index (χ2v) is 5.47. The van der Waals surface area contributed by atoms with E-state index in [9.17, 15) is 9.50 Å². The Hall–Kier alpha value is -2.36. The lowest BCUT2D eigenvalue weighted by Gasteiger charge is -2.13. The minimum Gasteiger partial charge on any atom is -0.508 e. The highest BCUT2D eigenvalue weighted by Crippen LogP contribution is 2.24. The number of rotatable bonds is 3. The quantitative estimate of drug-likeness (QED) is 0.788. The predicted octanol–water partition coefficient (Wildman–Crippen LogP) is 4.05. The molecule has 0 fully saturated rings. The molecule has 0 radical (unpaired) electrons. The fourth-order valence-electron chi connectivity index (χ4n) is 2.61. The van der Waals surface area contributed by atoms with Crippen LogP contribution in [0.3, 0.4) is 0 Å². The third-order valence-corrected chi connectivity index (χ3v) is 3.54. The molecule has 0 saturated heterocycles. The monoisotopic (exact) mass is 284 g/mol. The molecule has 0 bridgehead atoms. The summed E-state index contributed by atoms with van der Waals surface area (Å²) in [5, 5.41) is 9.35. The fourth-order valence-corrected chi connectivity index (χ4v) is 2.61. The Labute approximate surface area is 122 Å². The maximum absolute atomic E-state index is 13.5. The van der Waals surface area contributed by atoms with Crippen molar-refractivity contribution in [3.8, 4) is 5.75 Å². The van der Waals surface area contributed by atoms with Crippen LogP contribution in [-0.4, -0.2) is 14.7 Å². The summed E-state index contributed by atoms with van der Waals surface area (Å²) in [7, 11) is 0. The van der Waals surface area contributed by atoms with Crippen LogP contribution in [0.15, 0.2) is 42.5 Å². The van der Waals surface area contributed by atoms with Crippen molar-refractivity contribution in [2.75, 3.05) is 0 Å². The van der Waals surface area contributed by atoms with Crippen LogP contribution in [0.4, 0.5) is 4.39 Å². The Morgan fingerprint density at radius 3 is 2.52 bits per heavy atom. The first-order valence-electron chi connectivity index (χ1n) is 6.99. The van der Waals surface area contributed by atoms with Crippen LogP contribution in [0.25, 0.3) is 11.0 Å². The van der Waals surface area contributed by atoms with E-state index in [1.807, 2.05) is 12.1 Å². The zero-order valence-corrected chi connectivity index (χ0v) is 12.0. The molecule has 0 aliphatic carbocycles. The molecule has 0 spiro atoms. The van der Waals surface area contributed by atoms with Crippen molar-refractivity contribution in [1.29, 1.82) is 0 Å². The van der Waals surface area contributed by atoms with Crippen molar-refractivity contribution >= 4 is 11.0 Å². The number of aromatic hydroxyl groups is 1. The minimum atomic E-state index is -0.250. The molecule has 2 aromatic carbocycles. The molecule has 21 heavy (non-hydrogen) atoms. The molecule has 1 heterocycles. The number of phenolic OH excluding ortho intramolecular Hbond substituents is 1. The summed E-state index contributed by atoms with van der Waals surface area (Å²) in [6, 6.07) is 12.0. The van der Waals surface area contributed by atoms with Gasteiger partial charge in [0.05, 0.1) is 11.0 Å². The Morgan fingerprint density at radius 1 is 1.14 bits per heavy atom. The van der Waals surface area contributed by atoms with Crippen molar-refractivity contribution in [2.24, 2.45) is 0 Å². The third-order valence-electron chi connectivity index (χ3n) is 3.54. The molecule has 0 aliphatic rings. The van der Waals surface area contributed by atoms with E-state index in [2.05, 4.69) is 23.4 Å². The normalized spacial score (nSPS) is 11.4. The van der Waals surface area contributed by atoms with Gasteiger partial charge in [0.25, 0.3) is 0 Å². The van der Waals surface area contributed by atoms with Crippen molar-refractivity contribution in [3.05, 3.63) is 59.7 Å². The second-order valence-electron chi connectivity index (χ2n) is 5.47. The molecule has 3 aromatic rings. The van der Waals surface area contributed by atoms with Crippen molar-refractivity contribution in [2.45, 2.75) is 26.3 Å². The van der Waals surface area contributed by atoms with E-state index < -0.39 is 0 Å². The maximum Gasteiger partial charge on any atom is 0.125 e. The van der Waals surface area contributed by atoms with Gasteiger partial charge in [0, 0.05) is 12.5 Å². The number of aromatic nitrogens is 2. The molecule has 3 rings (SSSR count). The fraction of sp³-hybridized carbons (Fsp3) is 0.235. The van der Waals surface area contributed by atoms with Gasteiger partial charge in [-0.15, -0.1) is 0 Å². The molecule has 1 aromatic heterocycles. The molecular weight excluding hydrogens is 267 g/mol. The number of halogens is 1. The van der Waals surface area contributed by atoms with Crippen molar-refractivity contribution in [3.63, 3.8) is 0 Å². The average Bonchev–Trinajstić information content (AvgIpc) is 2.78. The Kier molecular flexibility index (Phi) is 3.37. The summed E-state index contributed by atoms with van der Waals surface area (Å²) in [6.07, 6.45) is 0.648. The predicted molar refractivity (Wildman–Crippen MR) is 81.0 cm³/mol. The van der Waals surface area contributed by atoms with E-state index in [-0.39, 0.29) is 17.6 Å². The van der Waals surface area contributed by atoms with Crippen molar-refractivity contribution in [1.82, 2.24) is 9.55 Å². The number of hydrogen-bond donors (Lipinski definition) is 1. The number of phenols is 1. The lowest BCUT2D eigenvalue weighted by molar-refractivity contribution is 0.475. The van der Waals surface area contributed by atoms with E-state index in [1.54, 1.807) is 18.2 Å². The van der Waals surface area contributed by atoms with E-state index in [1.165, 1.54) is 12.1 Å². The molecule has 0 aliphatic heterocycles. The summed E-state index contributed by atoms with van der Waals surface area (Å²) < 4.78 is 15.6. The van der Waals surface area contributed by atoms with E-state index in [0.717, 1.165) is 22.4 Å². The summed E-state index contributed by atoms with van der Waals surface area (Å²) in [4.78, 5) is 4.63. The van der Waals surface area contributed by atoms with Gasteiger partial charge in [0.1, 0.15) is 17.4 Å². The number of benzene rings is 2. The van der Waals surface area contributed by atoms with Gasteiger partial charge in [-0.05, 0) is 49.7 Å². The number of nitrogens with zero attached hydrogens (tertiary/aromatic N) is 2. The van der Waals surface area contributed by atoms with Gasteiger partial charge in [-0.2, -0.15) is 0 Å². The minimum absolute atomic E-state index is 0.198. The van der Waals surface area contributed by atoms with Gasteiger partial charge in [0.2, 0.25) is 0 Å². The first kappa shape index (κ1) is 13.6. The standard InChI is InChI=1S/C17H17FN2O/c1-11(2)20-16-10-13(18)5-8-15(16)19-17(20)9-12-3-6-14(21)7-4-12/h3-8,10-11,21H,9H2,1-2H3. The van der Waals surface area contributed by atoms with Gasteiger partial charge >= 0.3 is 0 Å². The van der Waals surface area contributed by atoms with Crippen LogP contribution in [0.5, 0.6) is 5.75 Å². The molecule has 0 saturated carbocycles. The summed E-state index contributed by atoms with van der Waals surface area (Å²) in [6.45, 7) is 4.12. The lowest BCUT2D eigenvalue weighted by Crippen LogP contribution is -2.07. The average molecular weight is 284 g/mol. The molecule has 0 atom stereocenters. The molecule has 0 unspecified atom stereocenters. The largest absolute Gasteiger partial charge is 0.508 e. The lowest BCUT2D eigenvalue weighted by atomic mass is 10.1. The van der Waals surface area contributed by atoms with Crippen LogP contribution in [0.2, 0.25) is 0 Å². The van der Waals surface area contributed by atoms with Gasteiger partial charge in [-0.25, -0.2) is 9.37 Å². The molecule has 1 N–H and O–H groups in total. The van der Waals surface area contributed by atoms with Gasteiger partial charge in [-0.3, -0.25) is 0 Å². The number of hydrogen-bond acceptors (Lipinski definition) is 2. The van der Waals surface area contributed by atoms with Crippen LogP contribution >= 0.6 is 0 Å². The Balaban J connectivity index is 2.08. The second kappa shape index (κ2) is 5.20. The topological polar surface area (TPSA) is 38.0 Å². The van der Waals surface area contributed by atoms with Crippen LogP contribution in [0.1, 0.15) is 31.3 Å². The first-order valence-corrected chi connectivity index (χ1v) is 6.99. The maximum atomic E-state index is 13.5. The highest BCUT2D eigenvalue weighted by atomic mass is 19.1. The summed E-state index contributed by atoms with van der Waals surface area (Å²) in [5.74, 6) is 0.898. The van der Waals surface area contributed by atoms with Gasteiger partial charge < -0.3 is 9.67 Å². The van der Waals surface area contributed by atoms with E-state index in [4.69, 9.17) is 0 Å². The molecular formula is C17H17FN2O. The zero-order chi connectivity index (χ0) is 15.0. The highest BCUT2D eigenvalue weighted by molar-refractivity contribution is 5.76. The highest BCUT2D eigenvalue weighted by Gasteiger charge is 2.14. The van der Waals surface area contributed by atoms with E-state index in [0.29, 0.717) is 6.42 Å².